The number of benzene rings is 5. The van der Waals surface area contributed by atoms with Gasteiger partial charge in [-0.2, -0.15) is 0 Å². The summed E-state index contributed by atoms with van der Waals surface area (Å²) in [7, 11) is 1.63. The number of fused-ring (bicyclic) bond motifs is 3. The third-order valence-electron chi connectivity index (χ3n) is 13.5. The summed E-state index contributed by atoms with van der Waals surface area (Å²) in [6, 6.07) is 37.5. The van der Waals surface area contributed by atoms with Gasteiger partial charge < -0.3 is 38.9 Å². The molecule has 10 nitrogen and oxygen atoms in total. The number of aliphatic hydroxyl groups is 2. The van der Waals surface area contributed by atoms with Gasteiger partial charge in [0.25, 0.3) is 0 Å². The molecular weight excluding hydrogens is 829 g/mol. The van der Waals surface area contributed by atoms with Gasteiger partial charge in [0, 0.05) is 37.7 Å². The highest BCUT2D eigenvalue weighted by Gasteiger charge is 2.65. The number of ether oxygens (including phenoxy) is 4. The van der Waals surface area contributed by atoms with Crippen LogP contribution in [0.5, 0.6) is 23.0 Å². The van der Waals surface area contributed by atoms with Crippen LogP contribution in [-0.2, 0) is 27.4 Å². The van der Waals surface area contributed by atoms with Crippen LogP contribution in [0.15, 0.2) is 145 Å². The molecule has 1 fully saturated rings. The maximum absolute atomic E-state index is 15.0. The molecule has 0 saturated heterocycles. The SMILES string of the molecule is C=CCO[C@@]12Oc3ccc(Oc4ccc5ccccc5c4)cc3[C@H]3[C@H](CCCCO)[C@@H](CCCCO)C=C(C(=NOCc4ccccc4)C[C@@H]1N(CCC)C(=O)Cc1cccc(OC)c1)[C@H]32. The minimum absolute atomic E-state index is 0.0593. The Bertz CT molecular complexity index is 2490. The first kappa shape index (κ1) is 46.6. The number of oxime groups is 1. The number of nitrogens with zero attached hydrogens (tertiary/aromatic N) is 2. The van der Waals surface area contributed by atoms with E-state index in [1.165, 1.54) is 0 Å². The molecule has 1 aliphatic heterocycles. The van der Waals surface area contributed by atoms with Gasteiger partial charge >= 0.3 is 0 Å². The Labute approximate surface area is 389 Å². The van der Waals surface area contributed by atoms with Crippen molar-refractivity contribution in [3.63, 3.8) is 0 Å². The molecule has 0 bridgehead atoms. The lowest BCUT2D eigenvalue weighted by molar-refractivity contribution is -0.257. The predicted octanol–water partition coefficient (Wildman–Crippen LogP) is 11.0. The van der Waals surface area contributed by atoms with Crippen molar-refractivity contribution in [3.05, 3.63) is 156 Å². The van der Waals surface area contributed by atoms with E-state index >= 15 is 4.79 Å². The van der Waals surface area contributed by atoms with Crippen molar-refractivity contribution in [2.24, 2.45) is 22.9 Å². The van der Waals surface area contributed by atoms with Gasteiger partial charge in [0.05, 0.1) is 31.8 Å². The van der Waals surface area contributed by atoms with Crippen LogP contribution in [0.1, 0.15) is 80.9 Å². The number of amides is 1. The van der Waals surface area contributed by atoms with Gasteiger partial charge in [0.2, 0.25) is 11.7 Å². The van der Waals surface area contributed by atoms with Crippen molar-refractivity contribution >= 4 is 22.4 Å². The molecule has 5 aromatic carbocycles. The summed E-state index contributed by atoms with van der Waals surface area (Å²) < 4.78 is 26.9. The molecule has 1 amide bonds. The second-order valence-electron chi connectivity index (χ2n) is 17.8. The van der Waals surface area contributed by atoms with E-state index in [1.807, 2.05) is 89.8 Å². The van der Waals surface area contributed by atoms with Crippen molar-refractivity contribution in [1.82, 2.24) is 4.90 Å². The van der Waals surface area contributed by atoms with E-state index in [-0.39, 0.29) is 56.5 Å². The van der Waals surface area contributed by atoms with Crippen molar-refractivity contribution < 1.29 is 38.8 Å². The summed E-state index contributed by atoms with van der Waals surface area (Å²) in [6.07, 6.45) is 10.0. The number of rotatable bonds is 22. The number of hydrogen-bond acceptors (Lipinski definition) is 9. The van der Waals surface area contributed by atoms with Crippen LogP contribution in [-0.4, -0.2) is 72.0 Å². The van der Waals surface area contributed by atoms with Crippen LogP contribution in [0.3, 0.4) is 0 Å². The molecule has 6 atom stereocenters. The lowest BCUT2D eigenvalue weighted by Crippen LogP contribution is -2.70. The van der Waals surface area contributed by atoms with Gasteiger partial charge in [0.1, 0.15) is 35.6 Å². The summed E-state index contributed by atoms with van der Waals surface area (Å²) in [4.78, 5) is 23.3. The second-order valence-corrected chi connectivity index (χ2v) is 17.8. The molecule has 5 aromatic rings. The van der Waals surface area contributed by atoms with Gasteiger partial charge in [-0.25, -0.2) is 0 Å². The molecule has 66 heavy (non-hydrogen) atoms. The monoisotopic (exact) mass is 892 g/mol. The maximum Gasteiger partial charge on any atom is 0.239 e. The Kier molecular flexibility index (Phi) is 15.6. The van der Waals surface area contributed by atoms with Gasteiger partial charge in [-0.1, -0.05) is 110 Å². The zero-order chi connectivity index (χ0) is 45.9. The van der Waals surface area contributed by atoms with E-state index < -0.39 is 17.7 Å². The van der Waals surface area contributed by atoms with Crippen LogP contribution in [0, 0.1) is 17.8 Å². The predicted molar refractivity (Wildman–Crippen MR) is 259 cm³/mol. The molecule has 0 radical (unpaired) electrons. The van der Waals surface area contributed by atoms with Crippen molar-refractivity contribution in [2.45, 2.75) is 89.1 Å². The first-order chi connectivity index (χ1) is 32.4. The largest absolute Gasteiger partial charge is 0.497 e. The topological polar surface area (TPSA) is 119 Å². The summed E-state index contributed by atoms with van der Waals surface area (Å²) in [6.45, 7) is 7.32. The second kappa shape index (κ2) is 22.0. The smallest absolute Gasteiger partial charge is 0.239 e. The van der Waals surface area contributed by atoms with E-state index in [1.54, 1.807) is 13.2 Å². The lowest BCUT2D eigenvalue weighted by Gasteiger charge is -2.60. The quantitative estimate of drug-likeness (QED) is 0.0401. The fourth-order valence-corrected chi connectivity index (χ4v) is 10.6. The Morgan fingerprint density at radius 2 is 1.59 bits per heavy atom. The first-order valence-electron chi connectivity index (χ1n) is 23.7. The third-order valence-corrected chi connectivity index (χ3v) is 13.5. The molecular formula is C56H64N2O8. The Morgan fingerprint density at radius 3 is 2.36 bits per heavy atom. The third kappa shape index (κ3) is 10.2. The Hall–Kier alpha value is -5.94. The van der Waals surface area contributed by atoms with Gasteiger partial charge in [-0.3, -0.25) is 4.79 Å². The van der Waals surface area contributed by atoms with Gasteiger partial charge in [0.15, 0.2) is 0 Å². The molecule has 3 aliphatic rings. The molecule has 1 heterocycles. The molecule has 1 saturated carbocycles. The molecule has 8 rings (SSSR count). The zero-order valence-electron chi connectivity index (χ0n) is 38.4. The highest BCUT2D eigenvalue weighted by atomic mass is 16.7. The first-order valence-corrected chi connectivity index (χ1v) is 23.7. The maximum atomic E-state index is 15.0. The number of aliphatic hydroxyl groups excluding tert-OH is 2. The number of carbonyl (C=O) groups excluding carboxylic acids is 1. The van der Waals surface area contributed by atoms with Crippen LogP contribution in [0.2, 0.25) is 0 Å². The molecule has 0 unspecified atom stereocenters. The summed E-state index contributed by atoms with van der Waals surface area (Å²) in [5.74, 6) is 0.908. The molecule has 10 heteroatoms. The van der Waals surface area contributed by atoms with Crippen LogP contribution < -0.4 is 14.2 Å². The summed E-state index contributed by atoms with van der Waals surface area (Å²) in [5, 5.41) is 27.3. The van der Waals surface area contributed by atoms with Crippen molar-refractivity contribution in [1.29, 1.82) is 0 Å². The Balaban J connectivity index is 1.31. The van der Waals surface area contributed by atoms with Crippen LogP contribution in [0.4, 0.5) is 0 Å². The minimum Gasteiger partial charge on any atom is -0.497 e. The molecule has 346 valence electrons. The summed E-state index contributed by atoms with van der Waals surface area (Å²) in [5.41, 5.74) is 4.59. The standard InChI is InChI=1S/C56H64N2O8/c1-4-28-58(53(61)33-40-18-15-22-44(32-40)62-3)52-37-50(57-64-38-39-16-7-6-8-17-39)48-35-43(21-11-13-29-59)47(23-12-14-30-60)54-49-36-46(65-45-25-24-41-19-9-10-20-42(41)34-45)26-27-51(49)66-56(52,55(48)54)63-31-5-2/h5-10,15-20,22,24-27,32,34-36,43,47,52,54-55,59-60H,2,4,11-14,21,23,28-31,33,37-38H2,1,3H3/t43-,47+,52-,54+,55+,56+/m0/s1. The van der Waals surface area contributed by atoms with E-state index in [0.717, 1.165) is 70.2 Å². The molecule has 2 N–H and O–H groups in total. The highest BCUT2D eigenvalue weighted by Crippen LogP contribution is 2.62. The Morgan fingerprint density at radius 1 is 0.848 bits per heavy atom. The fraction of sp³-hybridized carbons (Fsp3) is 0.393. The van der Waals surface area contributed by atoms with Crippen molar-refractivity contribution in [2.75, 3.05) is 33.5 Å². The fourth-order valence-electron chi connectivity index (χ4n) is 10.6. The zero-order valence-corrected chi connectivity index (χ0v) is 38.4. The van der Waals surface area contributed by atoms with Gasteiger partial charge in [-0.05, 0) is 114 Å². The number of allylic oxidation sites excluding steroid dienone is 1. The molecule has 2 aliphatic carbocycles. The average Bonchev–Trinajstić information content (AvgIpc) is 3.34. The van der Waals surface area contributed by atoms with E-state index in [0.29, 0.717) is 49.5 Å². The number of carbonyl (C=O) groups is 1. The molecule has 0 spiro atoms. The number of methoxy groups -OCH3 is 1. The van der Waals surface area contributed by atoms with Gasteiger partial charge in [-0.15, -0.1) is 6.58 Å². The van der Waals surface area contributed by atoms with Crippen molar-refractivity contribution in [3.8, 4) is 23.0 Å². The minimum atomic E-state index is -1.36. The molecule has 0 aromatic heterocycles. The van der Waals surface area contributed by atoms with Crippen LogP contribution in [0.25, 0.3) is 10.8 Å². The normalized spacial score (nSPS) is 22.4. The highest BCUT2D eigenvalue weighted by molar-refractivity contribution is 6.03. The van der Waals surface area contributed by atoms with E-state index in [9.17, 15) is 10.2 Å². The average molecular weight is 893 g/mol. The van der Waals surface area contributed by atoms with E-state index in [2.05, 4.69) is 49.9 Å². The lowest BCUT2D eigenvalue weighted by atomic mass is 9.55. The van der Waals surface area contributed by atoms with E-state index in [4.69, 9.17) is 28.9 Å². The summed E-state index contributed by atoms with van der Waals surface area (Å²) >= 11 is 0. The van der Waals surface area contributed by atoms with Crippen LogP contribution >= 0.6 is 0 Å². The number of unbranched alkanes of at least 4 members (excludes halogenated alkanes) is 2. The number of hydrogen-bond donors (Lipinski definition) is 2.